The summed E-state index contributed by atoms with van der Waals surface area (Å²) in [4.78, 5) is 10.0. The van der Waals surface area contributed by atoms with Crippen molar-refractivity contribution in [1.29, 1.82) is 5.26 Å². The van der Waals surface area contributed by atoms with E-state index in [1.165, 1.54) is 74.5 Å². The van der Waals surface area contributed by atoms with Crippen LogP contribution in [0.25, 0.3) is 78.1 Å². The van der Waals surface area contributed by atoms with Crippen molar-refractivity contribution >= 4 is 10.8 Å². The molecule has 1 aromatic heterocycles. The summed E-state index contributed by atoms with van der Waals surface area (Å²) in [5, 5.41) is 12.3. The molecule has 0 aliphatic heterocycles. The lowest BCUT2D eigenvalue weighted by atomic mass is 9.67. The Kier molecular flexibility index (Phi) is 7.77. The van der Waals surface area contributed by atoms with Crippen molar-refractivity contribution in [1.82, 2.24) is 9.97 Å². The Bertz CT molecular complexity index is 2680. The second-order valence-corrected chi connectivity index (χ2v) is 14.8. The molecule has 2 aliphatic carbocycles. The number of nitriles is 1. The van der Waals surface area contributed by atoms with Gasteiger partial charge in [0.2, 0.25) is 0 Å². The van der Waals surface area contributed by atoms with Gasteiger partial charge in [-0.15, -0.1) is 0 Å². The maximum Gasteiger partial charge on any atom is 0.160 e. The Morgan fingerprint density at radius 2 is 0.926 bits per heavy atom. The molecule has 1 heterocycles. The van der Waals surface area contributed by atoms with E-state index in [1.807, 2.05) is 42.5 Å². The van der Waals surface area contributed by atoms with Crippen LogP contribution in [0.15, 0.2) is 164 Å². The molecule has 0 radical (unpaired) electrons. The average molecular weight is 692 g/mol. The number of hydrogen-bond acceptors (Lipinski definition) is 3. The zero-order valence-corrected chi connectivity index (χ0v) is 30.0. The molecule has 2 aliphatic rings. The Hall–Kier alpha value is -6.63. The maximum atomic E-state index is 9.78. The second-order valence-electron chi connectivity index (χ2n) is 14.8. The van der Waals surface area contributed by atoms with Crippen LogP contribution in [0.3, 0.4) is 0 Å². The zero-order valence-electron chi connectivity index (χ0n) is 30.0. The topological polar surface area (TPSA) is 49.6 Å². The fraction of sp³-hybridized carbons (Fsp3) is 0.118. The lowest BCUT2D eigenvalue weighted by molar-refractivity contribution is 0.353. The number of hydrogen-bond donors (Lipinski definition) is 0. The predicted octanol–water partition coefficient (Wildman–Crippen LogP) is 13.1. The smallest absolute Gasteiger partial charge is 0.160 e. The third-order valence-electron chi connectivity index (χ3n) is 11.8. The highest BCUT2D eigenvalue weighted by molar-refractivity contribution is 6.05. The average Bonchev–Trinajstić information content (AvgIpc) is 3.51. The van der Waals surface area contributed by atoms with Gasteiger partial charge >= 0.3 is 0 Å². The van der Waals surface area contributed by atoms with Crippen LogP contribution in [0.1, 0.15) is 48.8 Å². The highest BCUT2D eigenvalue weighted by Gasteiger charge is 2.44. The van der Waals surface area contributed by atoms with Crippen LogP contribution in [-0.2, 0) is 5.41 Å². The van der Waals surface area contributed by atoms with Crippen molar-refractivity contribution in [3.05, 3.63) is 180 Å². The van der Waals surface area contributed by atoms with Crippen LogP contribution < -0.4 is 0 Å². The van der Waals surface area contributed by atoms with Crippen LogP contribution in [0.2, 0.25) is 0 Å². The predicted molar refractivity (Wildman–Crippen MR) is 221 cm³/mol. The molecule has 7 aromatic carbocycles. The third kappa shape index (κ3) is 5.34. The van der Waals surface area contributed by atoms with Gasteiger partial charge in [-0.25, -0.2) is 9.97 Å². The van der Waals surface area contributed by atoms with Gasteiger partial charge in [0.15, 0.2) is 5.82 Å². The molecule has 0 amide bonds. The number of fused-ring (bicyclic) bond motifs is 6. The van der Waals surface area contributed by atoms with Gasteiger partial charge in [0.1, 0.15) is 0 Å². The molecule has 10 rings (SSSR count). The Labute approximate surface area is 316 Å². The van der Waals surface area contributed by atoms with Crippen molar-refractivity contribution < 1.29 is 0 Å². The summed E-state index contributed by atoms with van der Waals surface area (Å²) in [6.45, 7) is 0. The number of aromatic nitrogens is 2. The molecule has 256 valence electrons. The van der Waals surface area contributed by atoms with Crippen molar-refractivity contribution in [2.24, 2.45) is 0 Å². The van der Waals surface area contributed by atoms with Gasteiger partial charge in [0, 0.05) is 22.1 Å². The minimum atomic E-state index is -0.0172. The summed E-state index contributed by atoms with van der Waals surface area (Å²) in [5.41, 5.74) is 15.9. The van der Waals surface area contributed by atoms with Gasteiger partial charge in [0.05, 0.1) is 23.0 Å². The van der Waals surface area contributed by atoms with Crippen molar-refractivity contribution in [2.45, 2.75) is 37.5 Å². The van der Waals surface area contributed by atoms with E-state index in [2.05, 4.69) is 127 Å². The largest absolute Gasteiger partial charge is 0.228 e. The van der Waals surface area contributed by atoms with Crippen LogP contribution in [0, 0.1) is 11.3 Å². The molecule has 0 saturated heterocycles. The molecule has 54 heavy (non-hydrogen) atoms. The van der Waals surface area contributed by atoms with E-state index >= 15 is 0 Å². The molecule has 1 saturated carbocycles. The van der Waals surface area contributed by atoms with E-state index in [-0.39, 0.29) is 5.41 Å². The molecule has 0 atom stereocenters. The minimum absolute atomic E-state index is 0.0172. The lowest BCUT2D eigenvalue weighted by Gasteiger charge is -2.36. The normalized spacial score (nSPS) is 14.1. The van der Waals surface area contributed by atoms with E-state index < -0.39 is 0 Å². The summed E-state index contributed by atoms with van der Waals surface area (Å²) >= 11 is 0. The maximum absolute atomic E-state index is 9.78. The van der Waals surface area contributed by atoms with E-state index in [9.17, 15) is 5.26 Å². The third-order valence-corrected chi connectivity index (χ3v) is 11.8. The van der Waals surface area contributed by atoms with Crippen LogP contribution in [-0.4, -0.2) is 9.97 Å². The van der Waals surface area contributed by atoms with Crippen LogP contribution in [0.4, 0.5) is 0 Å². The molecule has 3 nitrogen and oxygen atoms in total. The summed E-state index contributed by atoms with van der Waals surface area (Å²) in [6, 6.07) is 60.7. The van der Waals surface area contributed by atoms with Gasteiger partial charge in [-0.1, -0.05) is 159 Å². The summed E-state index contributed by atoms with van der Waals surface area (Å²) in [7, 11) is 0. The second kappa shape index (κ2) is 13.1. The lowest BCUT2D eigenvalue weighted by Crippen LogP contribution is -2.28. The van der Waals surface area contributed by atoms with Crippen LogP contribution in [0.5, 0.6) is 0 Å². The quantitative estimate of drug-likeness (QED) is 0.180. The van der Waals surface area contributed by atoms with Crippen molar-refractivity contribution in [2.75, 3.05) is 0 Å². The molecular weight excluding hydrogens is 655 g/mol. The molecule has 0 N–H and O–H groups in total. The zero-order chi connectivity index (χ0) is 36.1. The monoisotopic (exact) mass is 691 g/mol. The first-order valence-corrected chi connectivity index (χ1v) is 19.0. The fourth-order valence-electron chi connectivity index (χ4n) is 9.12. The number of nitrogens with zero attached hydrogens (tertiary/aromatic N) is 3. The first-order chi connectivity index (χ1) is 26.7. The van der Waals surface area contributed by atoms with Gasteiger partial charge in [-0.05, 0) is 92.4 Å². The Balaban J connectivity index is 1.04. The minimum Gasteiger partial charge on any atom is -0.228 e. The van der Waals surface area contributed by atoms with Crippen LogP contribution >= 0.6 is 0 Å². The SMILES string of the molecule is N#Cc1ccc2c(c1)C1(CCCCC1)c1cc(-c3ccc(-c4ccc(-c5cc(-c6ccccc6)nc(-c6ccccc6)n5)cc4)c4ccccc34)ccc1-2. The van der Waals surface area contributed by atoms with E-state index in [1.54, 1.807) is 0 Å². The summed E-state index contributed by atoms with van der Waals surface area (Å²) in [6.07, 6.45) is 5.99. The summed E-state index contributed by atoms with van der Waals surface area (Å²) in [5.74, 6) is 0.717. The van der Waals surface area contributed by atoms with Gasteiger partial charge in [-0.2, -0.15) is 5.26 Å². The number of benzene rings is 7. The molecule has 0 unspecified atom stereocenters. The van der Waals surface area contributed by atoms with Gasteiger partial charge in [-0.3, -0.25) is 0 Å². The highest BCUT2D eigenvalue weighted by atomic mass is 14.9. The molecular formula is C51H37N3. The molecule has 0 bridgehead atoms. The Morgan fingerprint density at radius 3 is 1.57 bits per heavy atom. The first-order valence-electron chi connectivity index (χ1n) is 19.0. The molecule has 1 fully saturated rings. The fourth-order valence-corrected chi connectivity index (χ4v) is 9.12. The van der Waals surface area contributed by atoms with E-state index in [0.29, 0.717) is 0 Å². The molecule has 8 aromatic rings. The van der Waals surface area contributed by atoms with Crippen molar-refractivity contribution in [3.63, 3.8) is 0 Å². The van der Waals surface area contributed by atoms with E-state index in [4.69, 9.17) is 9.97 Å². The summed E-state index contributed by atoms with van der Waals surface area (Å²) < 4.78 is 0. The highest BCUT2D eigenvalue weighted by Crippen LogP contribution is 2.56. The molecule has 1 spiro atoms. The first kappa shape index (κ1) is 32.1. The molecule has 3 heteroatoms. The van der Waals surface area contributed by atoms with Gasteiger partial charge < -0.3 is 0 Å². The van der Waals surface area contributed by atoms with E-state index in [0.717, 1.165) is 52.3 Å². The Morgan fingerprint density at radius 1 is 0.426 bits per heavy atom. The standard InChI is InChI=1S/C51H37N3/c52-33-34-18-24-44-45-25-23-39(31-47(45)51(46(44)30-34)28-10-3-11-29-51)41-27-26-40(42-16-8-9-17-43(41)42)35-19-21-37(22-20-35)49-32-48(36-12-4-1-5-13-36)53-50(54-49)38-14-6-2-7-15-38/h1-2,4-9,12-27,30-32H,3,10-11,28-29H2. The van der Waals surface area contributed by atoms with Crippen molar-refractivity contribution in [3.8, 4) is 73.4 Å². The van der Waals surface area contributed by atoms with Gasteiger partial charge in [0.25, 0.3) is 0 Å². The number of rotatable bonds is 5.